The van der Waals surface area contributed by atoms with Gasteiger partial charge in [-0.3, -0.25) is 4.79 Å². The number of rotatable bonds is 3. The molecule has 0 saturated heterocycles. The monoisotopic (exact) mass is 219 g/mol. The van der Waals surface area contributed by atoms with Crippen LogP contribution in [0.5, 0.6) is 0 Å². The molecule has 0 atom stereocenters. The molecule has 1 aromatic carbocycles. The number of nitrogens with zero attached hydrogens (tertiary/aromatic N) is 1. The maximum atomic E-state index is 13.2. The van der Waals surface area contributed by atoms with E-state index in [9.17, 15) is 9.18 Å². The van der Waals surface area contributed by atoms with E-state index >= 15 is 0 Å². The average Bonchev–Trinajstić information content (AvgIpc) is 2.31. The lowest BCUT2D eigenvalue weighted by molar-refractivity contribution is -0.139. The van der Waals surface area contributed by atoms with E-state index in [4.69, 9.17) is 5.26 Å². The Kier molecular flexibility index (Phi) is 4.22. The van der Waals surface area contributed by atoms with Crippen LogP contribution in [0.2, 0.25) is 0 Å². The summed E-state index contributed by atoms with van der Waals surface area (Å²) in [5.41, 5.74) is 0.655. The van der Waals surface area contributed by atoms with E-state index in [-0.39, 0.29) is 12.0 Å². The zero-order valence-corrected chi connectivity index (χ0v) is 8.74. The summed E-state index contributed by atoms with van der Waals surface area (Å²) in [7, 11) is 1.28. The van der Waals surface area contributed by atoms with Crippen LogP contribution in [0.1, 0.15) is 17.5 Å². The van der Waals surface area contributed by atoms with Gasteiger partial charge in [-0.05, 0) is 18.2 Å². The van der Waals surface area contributed by atoms with Gasteiger partial charge in [0.15, 0.2) is 0 Å². The average molecular weight is 219 g/mol. The molecule has 0 aliphatic carbocycles. The molecule has 0 spiro atoms. The Labute approximate surface area is 92.8 Å². The summed E-state index contributed by atoms with van der Waals surface area (Å²) in [6.45, 7) is 0. The lowest BCUT2D eigenvalue weighted by Gasteiger charge is -1.97. The highest BCUT2D eigenvalue weighted by Crippen LogP contribution is 2.12. The minimum absolute atomic E-state index is 0.0761. The maximum absolute atomic E-state index is 13.2. The van der Waals surface area contributed by atoms with Gasteiger partial charge in [-0.1, -0.05) is 12.2 Å². The zero-order chi connectivity index (χ0) is 12.0. The first-order chi connectivity index (χ1) is 7.67. The van der Waals surface area contributed by atoms with Crippen LogP contribution in [0, 0.1) is 17.1 Å². The molecule has 1 aromatic rings. The molecule has 16 heavy (non-hydrogen) atoms. The van der Waals surface area contributed by atoms with Gasteiger partial charge in [-0.15, -0.1) is 0 Å². The van der Waals surface area contributed by atoms with Crippen molar-refractivity contribution >= 4 is 12.0 Å². The second kappa shape index (κ2) is 5.66. The van der Waals surface area contributed by atoms with Gasteiger partial charge in [-0.25, -0.2) is 4.39 Å². The van der Waals surface area contributed by atoms with Crippen molar-refractivity contribution in [3.63, 3.8) is 0 Å². The van der Waals surface area contributed by atoms with Crippen LogP contribution >= 0.6 is 0 Å². The molecule has 0 N–H and O–H groups in total. The standard InChI is InChI=1S/C12H10FNO2/c1-16-12(15)4-2-3-10-7-9(8-14)5-6-11(10)13/h2-3,5-7H,4H2,1H3. The molecule has 0 unspecified atom stereocenters. The number of carbonyl (C=O) groups excluding carboxylic acids is 1. The van der Waals surface area contributed by atoms with Gasteiger partial charge >= 0.3 is 5.97 Å². The Balaban J connectivity index is 2.80. The third-order valence-corrected chi connectivity index (χ3v) is 1.93. The summed E-state index contributed by atoms with van der Waals surface area (Å²) < 4.78 is 17.7. The van der Waals surface area contributed by atoms with Gasteiger partial charge in [0.2, 0.25) is 0 Å². The Morgan fingerprint density at radius 2 is 2.38 bits per heavy atom. The van der Waals surface area contributed by atoms with Crippen molar-refractivity contribution in [2.45, 2.75) is 6.42 Å². The molecule has 3 nitrogen and oxygen atoms in total. The fourth-order valence-electron chi connectivity index (χ4n) is 1.11. The van der Waals surface area contributed by atoms with Gasteiger partial charge in [-0.2, -0.15) is 5.26 Å². The lowest BCUT2D eigenvalue weighted by atomic mass is 10.1. The highest BCUT2D eigenvalue weighted by molar-refractivity contribution is 5.72. The molecule has 0 aliphatic heterocycles. The van der Waals surface area contributed by atoms with Gasteiger partial charge in [0.25, 0.3) is 0 Å². The number of methoxy groups -OCH3 is 1. The Morgan fingerprint density at radius 3 is 3.00 bits per heavy atom. The molecule has 4 heteroatoms. The van der Waals surface area contributed by atoms with E-state index in [0.717, 1.165) is 0 Å². The Bertz CT molecular complexity index is 461. The van der Waals surface area contributed by atoms with E-state index in [1.807, 2.05) is 6.07 Å². The maximum Gasteiger partial charge on any atom is 0.309 e. The lowest BCUT2D eigenvalue weighted by Crippen LogP contribution is -1.96. The molecular weight excluding hydrogens is 209 g/mol. The van der Waals surface area contributed by atoms with Crippen molar-refractivity contribution in [3.05, 3.63) is 41.2 Å². The fraction of sp³-hybridized carbons (Fsp3) is 0.167. The summed E-state index contributed by atoms with van der Waals surface area (Å²) in [4.78, 5) is 10.8. The molecular formula is C12H10FNO2. The molecule has 0 radical (unpaired) electrons. The summed E-state index contributed by atoms with van der Waals surface area (Å²) in [6.07, 6.45) is 3.02. The van der Waals surface area contributed by atoms with Crippen molar-refractivity contribution in [2.24, 2.45) is 0 Å². The Hall–Kier alpha value is -2.15. The smallest absolute Gasteiger partial charge is 0.309 e. The minimum Gasteiger partial charge on any atom is -0.469 e. The second-order valence-electron chi connectivity index (χ2n) is 3.03. The van der Waals surface area contributed by atoms with Crippen LogP contribution in [0.3, 0.4) is 0 Å². The van der Waals surface area contributed by atoms with Crippen LogP contribution < -0.4 is 0 Å². The summed E-state index contributed by atoms with van der Waals surface area (Å²) in [5.74, 6) is -0.826. The molecule has 0 fully saturated rings. The summed E-state index contributed by atoms with van der Waals surface area (Å²) in [5, 5.41) is 8.63. The number of halogens is 1. The number of ether oxygens (including phenoxy) is 1. The van der Waals surface area contributed by atoms with Crippen molar-refractivity contribution < 1.29 is 13.9 Å². The first-order valence-electron chi connectivity index (χ1n) is 4.60. The number of benzene rings is 1. The second-order valence-corrected chi connectivity index (χ2v) is 3.03. The SMILES string of the molecule is COC(=O)CC=Cc1cc(C#N)ccc1F. The van der Waals surface area contributed by atoms with Crippen molar-refractivity contribution in [1.82, 2.24) is 0 Å². The van der Waals surface area contributed by atoms with Gasteiger partial charge in [0.05, 0.1) is 25.2 Å². The van der Waals surface area contributed by atoms with E-state index in [1.54, 1.807) is 0 Å². The number of hydrogen-bond acceptors (Lipinski definition) is 3. The van der Waals surface area contributed by atoms with E-state index < -0.39 is 11.8 Å². The van der Waals surface area contributed by atoms with Gasteiger partial charge in [0, 0.05) is 5.56 Å². The predicted molar refractivity (Wildman–Crippen MR) is 56.8 cm³/mol. The van der Waals surface area contributed by atoms with Gasteiger partial charge < -0.3 is 4.74 Å². The third-order valence-electron chi connectivity index (χ3n) is 1.93. The predicted octanol–water partition coefficient (Wildman–Crippen LogP) is 2.27. The van der Waals surface area contributed by atoms with E-state index in [0.29, 0.717) is 5.56 Å². The van der Waals surface area contributed by atoms with Crippen molar-refractivity contribution in [2.75, 3.05) is 7.11 Å². The van der Waals surface area contributed by atoms with Gasteiger partial charge in [0.1, 0.15) is 5.82 Å². The summed E-state index contributed by atoms with van der Waals surface area (Å²) >= 11 is 0. The van der Waals surface area contributed by atoms with Crippen LogP contribution in [0.15, 0.2) is 24.3 Å². The van der Waals surface area contributed by atoms with Crippen molar-refractivity contribution in [1.29, 1.82) is 5.26 Å². The van der Waals surface area contributed by atoms with E-state index in [1.165, 1.54) is 37.5 Å². The Morgan fingerprint density at radius 1 is 1.62 bits per heavy atom. The zero-order valence-electron chi connectivity index (χ0n) is 8.74. The quantitative estimate of drug-likeness (QED) is 0.733. The molecule has 1 rings (SSSR count). The minimum atomic E-state index is -0.430. The molecule has 0 aromatic heterocycles. The van der Waals surface area contributed by atoms with E-state index in [2.05, 4.69) is 4.74 Å². The highest BCUT2D eigenvalue weighted by atomic mass is 19.1. The molecule has 82 valence electrons. The number of nitriles is 1. The van der Waals surface area contributed by atoms with Crippen LogP contribution in [-0.4, -0.2) is 13.1 Å². The molecule has 0 saturated carbocycles. The van der Waals surface area contributed by atoms with Crippen LogP contribution in [0.25, 0.3) is 6.08 Å². The van der Waals surface area contributed by atoms with Crippen LogP contribution in [0.4, 0.5) is 4.39 Å². The fourth-order valence-corrected chi connectivity index (χ4v) is 1.11. The number of hydrogen-bond donors (Lipinski definition) is 0. The largest absolute Gasteiger partial charge is 0.469 e. The highest BCUT2D eigenvalue weighted by Gasteiger charge is 2.00. The number of carbonyl (C=O) groups is 1. The molecule has 0 amide bonds. The first-order valence-corrected chi connectivity index (χ1v) is 4.60. The molecule has 0 heterocycles. The number of esters is 1. The summed E-state index contributed by atoms with van der Waals surface area (Å²) in [6, 6.07) is 5.95. The first kappa shape index (κ1) is 11.9. The normalized spacial score (nSPS) is 10.1. The van der Waals surface area contributed by atoms with Crippen molar-refractivity contribution in [3.8, 4) is 6.07 Å². The molecule has 0 aliphatic rings. The topological polar surface area (TPSA) is 50.1 Å². The third kappa shape index (κ3) is 3.21. The molecule has 0 bridgehead atoms. The van der Waals surface area contributed by atoms with Crippen LogP contribution in [-0.2, 0) is 9.53 Å².